The van der Waals surface area contributed by atoms with Crippen molar-refractivity contribution in [2.45, 2.75) is 31.7 Å². The summed E-state index contributed by atoms with van der Waals surface area (Å²) in [6.07, 6.45) is 9.44. The highest BCUT2D eigenvalue weighted by Crippen LogP contribution is 2.34. The van der Waals surface area contributed by atoms with Gasteiger partial charge in [0.1, 0.15) is 11.5 Å². The van der Waals surface area contributed by atoms with Crippen molar-refractivity contribution in [3.05, 3.63) is 54.4 Å². The molecule has 1 unspecified atom stereocenters. The van der Waals surface area contributed by atoms with Crippen LogP contribution in [0.25, 0.3) is 16.6 Å². The molecule has 1 amide bonds. The number of carbonyl (C=O) groups excluding carboxylic acids is 1. The van der Waals surface area contributed by atoms with Crippen LogP contribution in [0, 0.1) is 0 Å². The van der Waals surface area contributed by atoms with E-state index in [9.17, 15) is 4.79 Å². The highest BCUT2D eigenvalue weighted by Gasteiger charge is 2.18. The second kappa shape index (κ2) is 12.3. The number of aliphatic imine (C=N–C) groups is 1. The molecular weight excluding hydrogens is 492 g/mol. The van der Waals surface area contributed by atoms with Crippen molar-refractivity contribution in [2.75, 3.05) is 52.3 Å². The van der Waals surface area contributed by atoms with Gasteiger partial charge < -0.3 is 24.6 Å². The number of rotatable bonds is 11. The maximum Gasteiger partial charge on any atom is 0.222 e. The molecule has 39 heavy (non-hydrogen) atoms. The van der Waals surface area contributed by atoms with Crippen LogP contribution in [0.2, 0.25) is 0 Å². The van der Waals surface area contributed by atoms with Crippen molar-refractivity contribution in [1.29, 1.82) is 0 Å². The number of ether oxygens (including phenoxy) is 2. The van der Waals surface area contributed by atoms with E-state index in [4.69, 9.17) is 14.5 Å². The van der Waals surface area contributed by atoms with Crippen LogP contribution >= 0.6 is 0 Å². The number of likely N-dealkylation sites (tertiary alicyclic amines) is 1. The summed E-state index contributed by atoms with van der Waals surface area (Å²) in [5.41, 5.74) is 5.26. The molecule has 1 atom stereocenters. The van der Waals surface area contributed by atoms with E-state index >= 15 is 0 Å². The van der Waals surface area contributed by atoms with Gasteiger partial charge in [-0.05, 0) is 63.2 Å². The van der Waals surface area contributed by atoms with Crippen molar-refractivity contribution in [3.63, 3.8) is 0 Å². The Morgan fingerprint density at radius 1 is 1.05 bits per heavy atom. The summed E-state index contributed by atoms with van der Waals surface area (Å²) in [7, 11) is 4.97. The zero-order valence-electron chi connectivity index (χ0n) is 22.9. The summed E-state index contributed by atoms with van der Waals surface area (Å²) >= 11 is 0. The minimum absolute atomic E-state index is 0.0390. The standard InChI is InChI=1S/C30H36N6O3/c1-31-30(37)14-22-13-21(19-32-22)29-20-33-27-8-7-23(17-28(27)34-29)36(12-6-11-35-9-4-5-10-35)24-15-25(38-2)18-26(16-24)39-3/h7-8,13,15-20,22H,4-6,9-12,14H2,1-3H3,(H,31,37). The first-order valence-corrected chi connectivity index (χ1v) is 13.5. The number of methoxy groups -OCH3 is 2. The van der Waals surface area contributed by atoms with Gasteiger partial charge >= 0.3 is 0 Å². The summed E-state index contributed by atoms with van der Waals surface area (Å²) in [6, 6.07) is 12.0. The molecule has 1 aromatic heterocycles. The lowest BCUT2D eigenvalue weighted by atomic mass is 10.1. The van der Waals surface area contributed by atoms with Crippen LogP contribution in [0.15, 0.2) is 53.7 Å². The monoisotopic (exact) mass is 528 g/mol. The lowest BCUT2D eigenvalue weighted by Crippen LogP contribution is -2.26. The first-order chi connectivity index (χ1) is 19.1. The fourth-order valence-corrected chi connectivity index (χ4v) is 5.15. The average molecular weight is 529 g/mol. The Morgan fingerprint density at radius 3 is 2.54 bits per heavy atom. The van der Waals surface area contributed by atoms with E-state index in [0.717, 1.165) is 64.7 Å². The molecular formula is C30H36N6O3. The molecule has 9 nitrogen and oxygen atoms in total. The predicted octanol–water partition coefficient (Wildman–Crippen LogP) is 4.24. The summed E-state index contributed by atoms with van der Waals surface area (Å²) in [5.74, 6) is 1.45. The Hall–Kier alpha value is -3.98. The quantitative estimate of drug-likeness (QED) is 0.398. The minimum Gasteiger partial charge on any atom is -0.497 e. The normalized spacial score (nSPS) is 16.9. The molecule has 1 saturated heterocycles. The van der Waals surface area contributed by atoms with Crippen molar-refractivity contribution in [1.82, 2.24) is 20.2 Å². The van der Waals surface area contributed by atoms with E-state index in [2.05, 4.69) is 37.2 Å². The number of anilines is 2. The Morgan fingerprint density at radius 2 is 1.82 bits per heavy atom. The molecule has 0 spiro atoms. The van der Waals surface area contributed by atoms with Gasteiger partial charge in [0.25, 0.3) is 0 Å². The van der Waals surface area contributed by atoms with Crippen LogP contribution in [-0.4, -0.2) is 80.5 Å². The summed E-state index contributed by atoms with van der Waals surface area (Å²) in [6.45, 7) is 4.28. The molecule has 9 heteroatoms. The molecule has 2 aromatic carbocycles. The molecule has 2 aliphatic rings. The largest absolute Gasteiger partial charge is 0.497 e. The van der Waals surface area contributed by atoms with Gasteiger partial charge in [-0.15, -0.1) is 0 Å². The van der Waals surface area contributed by atoms with Crippen molar-refractivity contribution in [2.24, 2.45) is 4.99 Å². The number of benzene rings is 2. The van der Waals surface area contributed by atoms with Crippen LogP contribution in [0.3, 0.4) is 0 Å². The SMILES string of the molecule is CNC(=O)CC1C=C(c2cnc3ccc(N(CCCN4CCCC4)c4cc(OC)cc(OC)c4)cc3n2)C=N1. The molecule has 1 fully saturated rings. The average Bonchev–Trinajstić information content (AvgIpc) is 3.67. The van der Waals surface area contributed by atoms with Crippen LogP contribution in [0.4, 0.5) is 11.4 Å². The Kier molecular flexibility index (Phi) is 8.36. The van der Waals surface area contributed by atoms with E-state index in [-0.39, 0.29) is 11.9 Å². The molecule has 0 bridgehead atoms. The van der Waals surface area contributed by atoms with Gasteiger partial charge in [0.15, 0.2) is 0 Å². The first kappa shape index (κ1) is 26.6. The van der Waals surface area contributed by atoms with E-state index in [1.54, 1.807) is 33.7 Å². The second-order valence-electron chi connectivity index (χ2n) is 9.90. The van der Waals surface area contributed by atoms with E-state index in [0.29, 0.717) is 6.42 Å². The topological polar surface area (TPSA) is 92.2 Å². The van der Waals surface area contributed by atoms with Crippen LogP contribution < -0.4 is 19.7 Å². The molecule has 3 aromatic rings. The fraction of sp³-hybridized carbons (Fsp3) is 0.400. The number of nitrogens with one attached hydrogen (secondary N) is 1. The van der Waals surface area contributed by atoms with Gasteiger partial charge in [0.05, 0.1) is 49.6 Å². The molecule has 1 N–H and O–H groups in total. The number of hydrogen-bond donors (Lipinski definition) is 1. The van der Waals surface area contributed by atoms with Crippen molar-refractivity contribution in [3.8, 4) is 11.5 Å². The highest BCUT2D eigenvalue weighted by molar-refractivity contribution is 6.11. The number of aromatic nitrogens is 2. The van der Waals surface area contributed by atoms with Gasteiger partial charge in [-0.3, -0.25) is 14.8 Å². The van der Waals surface area contributed by atoms with Gasteiger partial charge in [0.2, 0.25) is 5.91 Å². The summed E-state index contributed by atoms with van der Waals surface area (Å²) in [4.78, 5) is 30.7. The van der Waals surface area contributed by atoms with Gasteiger partial charge in [-0.1, -0.05) is 0 Å². The molecule has 2 aliphatic heterocycles. The van der Waals surface area contributed by atoms with E-state index < -0.39 is 0 Å². The Bertz CT molecular complexity index is 1360. The number of allylic oxidation sites excluding steroid dienone is 1. The second-order valence-corrected chi connectivity index (χ2v) is 9.90. The molecule has 0 aliphatic carbocycles. The number of fused-ring (bicyclic) bond motifs is 1. The van der Waals surface area contributed by atoms with Crippen molar-refractivity contribution < 1.29 is 14.3 Å². The molecule has 204 valence electrons. The highest BCUT2D eigenvalue weighted by atomic mass is 16.5. The zero-order valence-corrected chi connectivity index (χ0v) is 22.9. The molecule has 0 radical (unpaired) electrons. The lowest BCUT2D eigenvalue weighted by molar-refractivity contribution is -0.120. The smallest absolute Gasteiger partial charge is 0.222 e. The summed E-state index contributed by atoms with van der Waals surface area (Å²) < 4.78 is 11.1. The third-order valence-corrected chi connectivity index (χ3v) is 7.29. The molecule has 3 heterocycles. The van der Waals surface area contributed by atoms with E-state index in [1.807, 2.05) is 30.3 Å². The van der Waals surface area contributed by atoms with Crippen LogP contribution in [-0.2, 0) is 4.79 Å². The first-order valence-electron chi connectivity index (χ1n) is 13.5. The number of nitrogens with zero attached hydrogens (tertiary/aromatic N) is 5. The van der Waals surface area contributed by atoms with Gasteiger partial charge in [-0.25, -0.2) is 4.98 Å². The Balaban J connectivity index is 1.45. The lowest BCUT2D eigenvalue weighted by Gasteiger charge is -2.27. The fourth-order valence-electron chi connectivity index (χ4n) is 5.15. The summed E-state index contributed by atoms with van der Waals surface area (Å²) in [5, 5.41) is 2.65. The van der Waals surface area contributed by atoms with Gasteiger partial charge in [0, 0.05) is 55.0 Å². The maximum absolute atomic E-state index is 11.8. The Labute approximate surface area is 229 Å². The predicted molar refractivity (Wildman–Crippen MR) is 155 cm³/mol. The third kappa shape index (κ3) is 6.37. The van der Waals surface area contributed by atoms with Crippen molar-refractivity contribution >= 4 is 40.1 Å². The van der Waals surface area contributed by atoms with Gasteiger partial charge in [-0.2, -0.15) is 0 Å². The van der Waals surface area contributed by atoms with Crippen LogP contribution in [0.1, 0.15) is 31.4 Å². The third-order valence-electron chi connectivity index (χ3n) is 7.29. The van der Waals surface area contributed by atoms with Crippen LogP contribution in [0.5, 0.6) is 11.5 Å². The molecule has 5 rings (SSSR count). The number of amides is 1. The minimum atomic E-state index is -0.182. The zero-order chi connectivity index (χ0) is 27.2. The maximum atomic E-state index is 11.8. The molecule has 0 saturated carbocycles. The van der Waals surface area contributed by atoms with E-state index in [1.165, 1.54) is 25.9 Å². The number of hydrogen-bond acceptors (Lipinski definition) is 8. The number of carbonyl (C=O) groups is 1.